The van der Waals surface area contributed by atoms with E-state index in [4.69, 9.17) is 9.73 Å². The zero-order valence-electron chi connectivity index (χ0n) is 14.7. The average molecular weight is 336 g/mol. The number of aliphatic imine (C=N–C) groups is 1. The molecule has 6 heteroatoms. The molecule has 0 aromatic heterocycles. The van der Waals surface area contributed by atoms with Crippen molar-refractivity contribution >= 4 is 5.96 Å². The molecule has 2 N–H and O–H groups in total. The molecular weight excluding hydrogens is 307 g/mol. The first-order valence-corrected chi connectivity index (χ1v) is 8.84. The fourth-order valence-electron chi connectivity index (χ4n) is 2.80. The largest absolute Gasteiger partial charge is 0.379 e. The number of hydrogen-bond donors (Lipinski definition) is 2. The standard InChI is InChI=1S/C18H29FN4O/c1-3-8-21-18(20-4-2)22-14-17(23-9-11-24-12-10-23)15-6-5-7-16(19)13-15/h5-7,13,17H,3-4,8-12,14H2,1-2H3,(H2,20,21,22). The summed E-state index contributed by atoms with van der Waals surface area (Å²) in [4.78, 5) is 7.05. The Bertz CT molecular complexity index is 517. The van der Waals surface area contributed by atoms with E-state index in [0.717, 1.165) is 44.1 Å². The van der Waals surface area contributed by atoms with Crippen LogP contribution >= 0.6 is 0 Å². The third-order valence-corrected chi connectivity index (χ3v) is 4.03. The lowest BCUT2D eigenvalue weighted by Gasteiger charge is -2.34. The summed E-state index contributed by atoms with van der Waals surface area (Å²) in [6, 6.07) is 6.90. The third-order valence-electron chi connectivity index (χ3n) is 4.03. The first kappa shape index (κ1) is 18.7. The number of halogens is 1. The third kappa shape index (κ3) is 5.76. The zero-order valence-corrected chi connectivity index (χ0v) is 14.7. The van der Waals surface area contributed by atoms with Crippen LogP contribution in [0.25, 0.3) is 0 Å². The molecule has 5 nitrogen and oxygen atoms in total. The van der Waals surface area contributed by atoms with Crippen molar-refractivity contribution in [1.29, 1.82) is 0 Å². The smallest absolute Gasteiger partial charge is 0.191 e. The van der Waals surface area contributed by atoms with Crippen LogP contribution < -0.4 is 10.6 Å². The van der Waals surface area contributed by atoms with Gasteiger partial charge in [0, 0.05) is 26.2 Å². The topological polar surface area (TPSA) is 48.9 Å². The predicted molar refractivity (Wildman–Crippen MR) is 95.8 cm³/mol. The number of morpholine rings is 1. The molecule has 1 heterocycles. The Labute approximate surface area is 144 Å². The molecule has 1 fully saturated rings. The molecule has 1 aliphatic heterocycles. The van der Waals surface area contributed by atoms with Crippen molar-refractivity contribution in [2.24, 2.45) is 4.99 Å². The molecule has 1 aliphatic rings. The molecule has 1 aromatic carbocycles. The molecular formula is C18H29FN4O. The van der Waals surface area contributed by atoms with E-state index in [1.807, 2.05) is 6.07 Å². The van der Waals surface area contributed by atoms with Gasteiger partial charge in [-0.05, 0) is 31.0 Å². The quantitative estimate of drug-likeness (QED) is 0.592. The van der Waals surface area contributed by atoms with E-state index in [1.54, 1.807) is 12.1 Å². The number of nitrogens with zero attached hydrogens (tertiary/aromatic N) is 2. The molecule has 1 aromatic rings. The van der Waals surface area contributed by atoms with Crippen LogP contribution in [0.2, 0.25) is 0 Å². The predicted octanol–water partition coefficient (Wildman–Crippen LogP) is 2.16. The van der Waals surface area contributed by atoms with Crippen LogP contribution in [0.4, 0.5) is 4.39 Å². The van der Waals surface area contributed by atoms with E-state index in [0.29, 0.717) is 19.8 Å². The van der Waals surface area contributed by atoms with E-state index in [9.17, 15) is 4.39 Å². The molecule has 134 valence electrons. The highest BCUT2D eigenvalue weighted by Gasteiger charge is 2.23. The minimum absolute atomic E-state index is 0.0571. The number of nitrogens with one attached hydrogen (secondary N) is 2. The van der Waals surface area contributed by atoms with Gasteiger partial charge in [0.25, 0.3) is 0 Å². The van der Waals surface area contributed by atoms with Crippen molar-refractivity contribution in [2.75, 3.05) is 45.9 Å². The highest BCUT2D eigenvalue weighted by Crippen LogP contribution is 2.23. The molecule has 1 saturated heterocycles. The molecule has 0 radical (unpaired) electrons. The molecule has 0 amide bonds. The van der Waals surface area contributed by atoms with Crippen molar-refractivity contribution in [3.63, 3.8) is 0 Å². The monoisotopic (exact) mass is 336 g/mol. The molecule has 0 bridgehead atoms. The molecule has 0 aliphatic carbocycles. The second-order valence-corrected chi connectivity index (χ2v) is 5.87. The minimum Gasteiger partial charge on any atom is -0.379 e. The van der Waals surface area contributed by atoms with Crippen molar-refractivity contribution < 1.29 is 9.13 Å². The van der Waals surface area contributed by atoms with E-state index in [1.165, 1.54) is 6.07 Å². The van der Waals surface area contributed by atoms with Gasteiger partial charge in [-0.15, -0.1) is 0 Å². The van der Waals surface area contributed by atoms with Gasteiger partial charge in [0.2, 0.25) is 0 Å². The summed E-state index contributed by atoms with van der Waals surface area (Å²) in [6.45, 7) is 9.57. The normalized spacial score (nSPS) is 17.5. The van der Waals surface area contributed by atoms with Crippen molar-refractivity contribution in [2.45, 2.75) is 26.3 Å². The minimum atomic E-state index is -0.203. The van der Waals surface area contributed by atoms with Gasteiger partial charge in [-0.3, -0.25) is 9.89 Å². The van der Waals surface area contributed by atoms with Crippen LogP contribution in [0.1, 0.15) is 31.9 Å². The van der Waals surface area contributed by atoms with E-state index >= 15 is 0 Å². The molecule has 2 rings (SSSR count). The number of hydrogen-bond acceptors (Lipinski definition) is 3. The lowest BCUT2D eigenvalue weighted by molar-refractivity contribution is 0.0179. The van der Waals surface area contributed by atoms with Crippen molar-refractivity contribution in [1.82, 2.24) is 15.5 Å². The second kappa shape index (κ2) is 10.3. The summed E-state index contributed by atoms with van der Waals surface area (Å²) < 4.78 is 19.1. The highest BCUT2D eigenvalue weighted by atomic mass is 19.1. The van der Waals surface area contributed by atoms with Crippen LogP contribution in [0.15, 0.2) is 29.3 Å². The molecule has 1 atom stereocenters. The lowest BCUT2D eigenvalue weighted by Crippen LogP contribution is -2.42. The van der Waals surface area contributed by atoms with Gasteiger partial charge in [0.05, 0.1) is 25.8 Å². The molecule has 0 spiro atoms. The summed E-state index contributed by atoms with van der Waals surface area (Å²) in [6.07, 6.45) is 1.04. The Balaban J connectivity index is 2.15. The number of rotatable bonds is 7. The second-order valence-electron chi connectivity index (χ2n) is 5.87. The highest BCUT2D eigenvalue weighted by molar-refractivity contribution is 5.79. The maximum atomic E-state index is 13.7. The summed E-state index contributed by atoms with van der Waals surface area (Å²) in [5.41, 5.74) is 0.965. The van der Waals surface area contributed by atoms with Crippen molar-refractivity contribution in [3.05, 3.63) is 35.6 Å². The lowest BCUT2D eigenvalue weighted by atomic mass is 10.0. The average Bonchev–Trinajstić information content (AvgIpc) is 2.61. The fraction of sp³-hybridized carbons (Fsp3) is 0.611. The van der Waals surface area contributed by atoms with Gasteiger partial charge in [0.15, 0.2) is 5.96 Å². The van der Waals surface area contributed by atoms with Gasteiger partial charge >= 0.3 is 0 Å². The Kier molecular flexibility index (Phi) is 7.98. The first-order chi connectivity index (χ1) is 11.7. The number of ether oxygens (including phenoxy) is 1. The summed E-state index contributed by atoms with van der Waals surface area (Å²) >= 11 is 0. The summed E-state index contributed by atoms with van der Waals surface area (Å²) in [5.74, 6) is 0.611. The maximum Gasteiger partial charge on any atom is 0.191 e. The van der Waals surface area contributed by atoms with Gasteiger partial charge < -0.3 is 15.4 Å². The van der Waals surface area contributed by atoms with E-state index in [2.05, 4.69) is 29.4 Å². The van der Waals surface area contributed by atoms with Crippen molar-refractivity contribution in [3.8, 4) is 0 Å². The van der Waals surface area contributed by atoms with Crippen LogP contribution in [0.3, 0.4) is 0 Å². The molecule has 1 unspecified atom stereocenters. The fourth-order valence-corrected chi connectivity index (χ4v) is 2.80. The zero-order chi connectivity index (χ0) is 17.2. The van der Waals surface area contributed by atoms with Crippen LogP contribution in [0, 0.1) is 5.82 Å². The Morgan fingerprint density at radius 1 is 1.29 bits per heavy atom. The van der Waals surface area contributed by atoms with Gasteiger partial charge in [-0.2, -0.15) is 0 Å². The Morgan fingerprint density at radius 3 is 2.75 bits per heavy atom. The van der Waals surface area contributed by atoms with E-state index < -0.39 is 0 Å². The summed E-state index contributed by atoms with van der Waals surface area (Å²) in [5, 5.41) is 6.57. The van der Waals surface area contributed by atoms with Crippen LogP contribution in [0.5, 0.6) is 0 Å². The van der Waals surface area contributed by atoms with Crippen LogP contribution in [-0.4, -0.2) is 56.8 Å². The van der Waals surface area contributed by atoms with Crippen LogP contribution in [-0.2, 0) is 4.74 Å². The SMILES string of the molecule is CCCNC(=NCC(c1cccc(F)c1)N1CCOCC1)NCC. The van der Waals surface area contributed by atoms with Gasteiger partial charge in [0.1, 0.15) is 5.82 Å². The van der Waals surface area contributed by atoms with Gasteiger partial charge in [-0.1, -0.05) is 19.1 Å². The first-order valence-electron chi connectivity index (χ1n) is 8.84. The Morgan fingerprint density at radius 2 is 2.08 bits per heavy atom. The summed E-state index contributed by atoms with van der Waals surface area (Å²) in [7, 11) is 0. The van der Waals surface area contributed by atoms with E-state index in [-0.39, 0.29) is 11.9 Å². The molecule has 24 heavy (non-hydrogen) atoms. The number of guanidine groups is 1. The van der Waals surface area contributed by atoms with Gasteiger partial charge in [-0.25, -0.2) is 4.39 Å². The molecule has 0 saturated carbocycles. The maximum absolute atomic E-state index is 13.7. The Hall–Kier alpha value is -1.66. The number of benzene rings is 1.